The number of aryl methyl sites for hydroxylation is 1. The van der Waals surface area contributed by atoms with Crippen molar-refractivity contribution in [3.05, 3.63) is 47.2 Å². The maximum atomic E-state index is 15.0. The van der Waals surface area contributed by atoms with Crippen LogP contribution in [0.5, 0.6) is 11.8 Å². The number of halogens is 1. The molecule has 6 unspecified atom stereocenters. The van der Waals surface area contributed by atoms with Gasteiger partial charge in [-0.25, -0.2) is 4.39 Å². The van der Waals surface area contributed by atoms with Gasteiger partial charge in [-0.1, -0.05) is 31.0 Å². The molecule has 1 aliphatic carbocycles. The molecule has 1 aromatic heterocycles. The predicted molar refractivity (Wildman–Crippen MR) is 174 cm³/mol. The molecule has 5 fully saturated rings. The summed E-state index contributed by atoms with van der Waals surface area (Å²) >= 11 is 0. The van der Waals surface area contributed by atoms with E-state index in [1.165, 1.54) is 55.0 Å². The fourth-order valence-electron chi connectivity index (χ4n) is 10.1. The molecule has 9 heteroatoms. The number of nitrogens with one attached hydrogen (secondary N) is 1. The van der Waals surface area contributed by atoms with E-state index in [2.05, 4.69) is 39.1 Å². The second-order valence-electron chi connectivity index (χ2n) is 14.9. The maximum absolute atomic E-state index is 15.0. The summed E-state index contributed by atoms with van der Waals surface area (Å²) in [4.78, 5) is 17.6. The van der Waals surface area contributed by atoms with E-state index in [-0.39, 0.29) is 11.3 Å². The van der Waals surface area contributed by atoms with Crippen molar-refractivity contribution in [2.24, 2.45) is 5.92 Å². The summed E-state index contributed by atoms with van der Waals surface area (Å²) < 4.78 is 21.6. The van der Waals surface area contributed by atoms with Crippen molar-refractivity contribution < 1.29 is 14.2 Å². The van der Waals surface area contributed by atoms with Gasteiger partial charge in [-0.3, -0.25) is 4.90 Å². The van der Waals surface area contributed by atoms with E-state index in [0.717, 1.165) is 55.1 Å². The summed E-state index contributed by atoms with van der Waals surface area (Å²) in [6, 6.07) is 11.9. The van der Waals surface area contributed by atoms with Crippen LogP contribution in [0.25, 0.3) is 10.8 Å². The zero-order chi connectivity index (χ0) is 30.3. The lowest BCUT2D eigenvalue weighted by molar-refractivity contribution is 0.0772. The number of fused-ring (bicyclic) bond motifs is 7. The Labute approximate surface area is 265 Å². The number of aromatic nitrogens is 2. The lowest BCUT2D eigenvalue weighted by Crippen LogP contribution is -2.52. The summed E-state index contributed by atoms with van der Waals surface area (Å²) in [6.07, 6.45) is 9.01. The fourth-order valence-corrected chi connectivity index (χ4v) is 10.1. The van der Waals surface area contributed by atoms with E-state index in [1.54, 1.807) is 0 Å². The highest BCUT2D eigenvalue weighted by Gasteiger charge is 2.57. The number of phenols is 1. The number of alkyl halides is 1. The minimum atomic E-state index is -0.790. The fraction of sp³-hybridized carbons (Fsp3) is 0.611. The number of ether oxygens (including phenoxy) is 1. The molecule has 3 aromatic rings. The first kappa shape index (κ1) is 28.1. The van der Waals surface area contributed by atoms with Crippen LogP contribution >= 0.6 is 0 Å². The van der Waals surface area contributed by atoms with Crippen molar-refractivity contribution >= 4 is 22.3 Å². The van der Waals surface area contributed by atoms with Gasteiger partial charge in [-0.2, -0.15) is 9.97 Å². The van der Waals surface area contributed by atoms with Gasteiger partial charge >= 0.3 is 6.01 Å². The van der Waals surface area contributed by atoms with Crippen molar-refractivity contribution in [1.82, 2.24) is 20.2 Å². The Balaban J connectivity index is 1.06. The number of hydrogen-bond donors (Lipinski definition) is 2. The van der Waals surface area contributed by atoms with Crippen LogP contribution in [-0.2, 0) is 13.0 Å². The highest BCUT2D eigenvalue weighted by Crippen LogP contribution is 2.51. The quantitative estimate of drug-likeness (QED) is 0.404. The third kappa shape index (κ3) is 4.75. The maximum Gasteiger partial charge on any atom is 0.318 e. The lowest BCUT2D eigenvalue weighted by atomic mass is 9.81. The van der Waals surface area contributed by atoms with Crippen molar-refractivity contribution in [2.45, 2.75) is 101 Å². The Kier molecular flexibility index (Phi) is 6.67. The Morgan fingerprint density at radius 3 is 2.73 bits per heavy atom. The molecule has 4 saturated heterocycles. The summed E-state index contributed by atoms with van der Waals surface area (Å²) in [5.74, 6) is 1.95. The predicted octanol–water partition coefficient (Wildman–Crippen LogP) is 5.27. The van der Waals surface area contributed by atoms with E-state index in [4.69, 9.17) is 14.7 Å². The van der Waals surface area contributed by atoms with Crippen LogP contribution in [0.3, 0.4) is 0 Å². The van der Waals surface area contributed by atoms with E-state index >= 15 is 0 Å². The number of nitrogens with zero attached hydrogens (tertiary/aromatic N) is 5. The van der Waals surface area contributed by atoms with Gasteiger partial charge in [-0.05, 0) is 68.4 Å². The van der Waals surface area contributed by atoms with Crippen LogP contribution in [0.2, 0.25) is 0 Å². The summed E-state index contributed by atoms with van der Waals surface area (Å²) in [7, 11) is 0. The SMILES string of the molecule is Cc1cccc2cc(O)cc(N3CCc4c(nc(OCC56CC(F)CN5C5CCCCC5C6)nc4N4CC5CCC(C4)N5)C3)c12. The molecule has 0 amide bonds. The second kappa shape index (κ2) is 10.7. The summed E-state index contributed by atoms with van der Waals surface area (Å²) in [5.41, 5.74) is 4.20. The number of benzene rings is 2. The highest BCUT2D eigenvalue weighted by molar-refractivity contribution is 5.98. The van der Waals surface area contributed by atoms with Gasteiger partial charge in [0, 0.05) is 73.4 Å². The van der Waals surface area contributed by atoms with Gasteiger partial charge in [0.15, 0.2) is 0 Å². The summed E-state index contributed by atoms with van der Waals surface area (Å²) in [5, 5.41) is 16.7. The molecule has 2 aromatic carbocycles. The molecular weight excluding hydrogens is 567 g/mol. The molecule has 2 N–H and O–H groups in total. The van der Waals surface area contributed by atoms with Gasteiger partial charge < -0.3 is 25.0 Å². The molecule has 5 aliphatic heterocycles. The molecule has 238 valence electrons. The van der Waals surface area contributed by atoms with Crippen molar-refractivity contribution in [1.29, 1.82) is 0 Å². The van der Waals surface area contributed by atoms with Gasteiger partial charge in [0.25, 0.3) is 0 Å². The van der Waals surface area contributed by atoms with Crippen LogP contribution in [0.4, 0.5) is 15.9 Å². The zero-order valence-corrected chi connectivity index (χ0v) is 26.3. The number of piperazine rings is 1. The molecule has 1 saturated carbocycles. The van der Waals surface area contributed by atoms with Crippen molar-refractivity contribution in [3.8, 4) is 11.8 Å². The molecule has 45 heavy (non-hydrogen) atoms. The van der Waals surface area contributed by atoms with Crippen molar-refractivity contribution in [2.75, 3.05) is 42.6 Å². The Bertz CT molecular complexity index is 1620. The van der Waals surface area contributed by atoms with Gasteiger partial charge in [0.1, 0.15) is 24.3 Å². The van der Waals surface area contributed by atoms with Crippen LogP contribution in [0, 0.1) is 12.8 Å². The van der Waals surface area contributed by atoms with E-state index in [9.17, 15) is 9.50 Å². The topological polar surface area (TPSA) is 77.0 Å². The van der Waals surface area contributed by atoms with Gasteiger partial charge in [0.05, 0.1) is 17.8 Å². The molecule has 8 nitrogen and oxygen atoms in total. The van der Waals surface area contributed by atoms with E-state index in [1.807, 2.05) is 18.2 Å². The number of hydrogen-bond acceptors (Lipinski definition) is 8. The first-order valence-corrected chi connectivity index (χ1v) is 17.3. The first-order valence-electron chi connectivity index (χ1n) is 17.3. The lowest BCUT2D eigenvalue weighted by Gasteiger charge is -2.38. The average Bonchev–Trinajstić information content (AvgIpc) is 3.65. The third-order valence-corrected chi connectivity index (χ3v) is 12.0. The molecule has 6 atom stereocenters. The van der Waals surface area contributed by atoms with Gasteiger partial charge in [-0.15, -0.1) is 0 Å². The summed E-state index contributed by atoms with van der Waals surface area (Å²) in [6.45, 7) is 6.48. The molecular formula is C36H45FN6O2. The van der Waals surface area contributed by atoms with E-state index in [0.29, 0.717) is 56.2 Å². The molecule has 2 bridgehead atoms. The largest absolute Gasteiger partial charge is 0.508 e. The third-order valence-electron chi connectivity index (χ3n) is 12.0. The normalized spacial score (nSPS) is 32.5. The molecule has 6 heterocycles. The molecule has 0 spiro atoms. The standard InChI is InChI=1S/C36H45FN6O2/c1-22-5-4-7-23-13-28(44)14-32(33(22)23)41-12-11-29-30(20-41)39-35(40-34(29)42-18-26-9-10-27(19-42)38-26)45-21-36-15-24-6-2-3-8-31(24)43(36)17-25(37)16-36/h4-5,7,13-14,24-27,31,38,44H,2-3,6,8-12,15-21H2,1H3. The minimum Gasteiger partial charge on any atom is -0.508 e. The van der Waals surface area contributed by atoms with Crippen LogP contribution in [0.1, 0.15) is 68.2 Å². The van der Waals surface area contributed by atoms with Crippen molar-refractivity contribution in [3.63, 3.8) is 0 Å². The number of rotatable bonds is 5. The van der Waals surface area contributed by atoms with Crippen LogP contribution in [0.15, 0.2) is 30.3 Å². The Morgan fingerprint density at radius 2 is 1.87 bits per heavy atom. The number of aromatic hydroxyl groups is 1. The number of anilines is 2. The Morgan fingerprint density at radius 1 is 1.02 bits per heavy atom. The first-order chi connectivity index (χ1) is 21.9. The highest BCUT2D eigenvalue weighted by atomic mass is 19.1. The second-order valence-corrected chi connectivity index (χ2v) is 14.9. The molecule has 6 aliphatic rings. The minimum absolute atomic E-state index is 0.253. The van der Waals surface area contributed by atoms with Crippen LogP contribution < -0.4 is 19.9 Å². The van der Waals surface area contributed by atoms with Crippen LogP contribution in [-0.4, -0.2) is 82.6 Å². The smallest absolute Gasteiger partial charge is 0.318 e. The average molecular weight is 613 g/mol. The monoisotopic (exact) mass is 612 g/mol. The number of phenolic OH excluding ortho intramolecular Hbond substituents is 1. The molecule has 9 rings (SSSR count). The van der Waals surface area contributed by atoms with Gasteiger partial charge in [0.2, 0.25) is 0 Å². The molecule has 0 radical (unpaired) electrons. The van der Waals surface area contributed by atoms with E-state index < -0.39 is 6.17 Å². The zero-order valence-electron chi connectivity index (χ0n) is 26.3. The Hall–Kier alpha value is -3.17.